The third kappa shape index (κ3) is 5.40. The van der Waals surface area contributed by atoms with Crippen LogP contribution >= 0.6 is 0 Å². The predicted molar refractivity (Wildman–Crippen MR) is 110 cm³/mol. The summed E-state index contributed by atoms with van der Waals surface area (Å²) in [5.74, 6) is -3.77. The molecule has 0 aromatic heterocycles. The molecule has 0 fully saturated rings. The normalized spacial score (nSPS) is 19.3. The number of hydrogen-bond donors (Lipinski definition) is 2. The van der Waals surface area contributed by atoms with E-state index in [1.807, 2.05) is 30.3 Å². The number of carbonyl (C=O) groups is 3. The van der Waals surface area contributed by atoms with Gasteiger partial charge in [-0.1, -0.05) is 42.5 Å². The Morgan fingerprint density at radius 3 is 2.42 bits per heavy atom. The maximum atomic E-state index is 13.5. The van der Waals surface area contributed by atoms with E-state index in [4.69, 9.17) is 5.73 Å². The summed E-state index contributed by atoms with van der Waals surface area (Å²) in [5.41, 5.74) is 6.64. The lowest BCUT2D eigenvalue weighted by Gasteiger charge is -2.29. The Kier molecular flexibility index (Phi) is 6.91. The van der Waals surface area contributed by atoms with E-state index in [0.29, 0.717) is 12.5 Å². The lowest BCUT2D eigenvalue weighted by atomic mass is 10.0. The highest BCUT2D eigenvalue weighted by atomic mass is 19.1. The van der Waals surface area contributed by atoms with Crippen LogP contribution in [0, 0.1) is 11.6 Å². The van der Waals surface area contributed by atoms with Crippen LogP contribution in [0.1, 0.15) is 30.5 Å². The lowest BCUT2D eigenvalue weighted by Crippen LogP contribution is -2.55. The first-order valence-electron chi connectivity index (χ1n) is 9.84. The van der Waals surface area contributed by atoms with Gasteiger partial charge in [0, 0.05) is 6.07 Å². The molecule has 1 heterocycles. The van der Waals surface area contributed by atoms with Gasteiger partial charge in [-0.3, -0.25) is 19.3 Å². The molecular formula is C23H23F2N3O3. The molecule has 0 unspecified atom stereocenters. The van der Waals surface area contributed by atoms with Gasteiger partial charge in [0.2, 0.25) is 17.7 Å². The van der Waals surface area contributed by atoms with Crippen molar-refractivity contribution in [2.45, 2.75) is 37.9 Å². The van der Waals surface area contributed by atoms with E-state index >= 15 is 0 Å². The second kappa shape index (κ2) is 9.61. The monoisotopic (exact) mass is 427 g/mol. The largest absolute Gasteiger partial charge is 0.347 e. The van der Waals surface area contributed by atoms with Crippen molar-refractivity contribution in [3.63, 3.8) is 0 Å². The summed E-state index contributed by atoms with van der Waals surface area (Å²) in [5, 5.41) is 2.85. The number of halogens is 2. The van der Waals surface area contributed by atoms with Gasteiger partial charge in [-0.05, 0) is 36.6 Å². The Hall–Kier alpha value is -3.39. The van der Waals surface area contributed by atoms with Gasteiger partial charge in [-0.25, -0.2) is 8.78 Å². The molecule has 0 saturated carbocycles. The number of hydrogen-bond acceptors (Lipinski definition) is 4. The molecule has 3 atom stereocenters. The quantitative estimate of drug-likeness (QED) is 0.717. The fourth-order valence-electron chi connectivity index (χ4n) is 3.46. The molecule has 1 aliphatic heterocycles. The summed E-state index contributed by atoms with van der Waals surface area (Å²) < 4.78 is 27.0. The molecule has 1 aliphatic rings. The highest BCUT2D eigenvalue weighted by molar-refractivity contribution is 6.03. The molecule has 0 saturated heterocycles. The molecular weight excluding hydrogens is 404 g/mol. The standard InChI is InChI=1S/C23H23F2N3O3/c1-14(26)23(31)28(21(29)12-15-10-17(24)13-18(25)11-15)20-9-5-8-19(27-22(20)30)16-6-3-2-4-7-16/h2-7,9-11,13-14,19-20H,8,12,26H2,1H3,(H,27,30)/t14-,19-,20-/m0/s1. The van der Waals surface area contributed by atoms with Gasteiger partial charge in [-0.2, -0.15) is 0 Å². The first kappa shape index (κ1) is 22.3. The maximum Gasteiger partial charge on any atom is 0.247 e. The minimum Gasteiger partial charge on any atom is -0.347 e. The SMILES string of the molecule is C[C@H](N)C(=O)N(C(=O)Cc1cc(F)cc(F)c1)[C@H]1C=CC[C@@H](c2ccccc2)NC1=O. The van der Waals surface area contributed by atoms with E-state index in [1.54, 1.807) is 6.08 Å². The van der Waals surface area contributed by atoms with Gasteiger partial charge in [0.25, 0.3) is 0 Å². The molecule has 2 aromatic carbocycles. The molecule has 31 heavy (non-hydrogen) atoms. The number of nitrogens with one attached hydrogen (secondary N) is 1. The van der Waals surface area contributed by atoms with Gasteiger partial charge in [0.05, 0.1) is 18.5 Å². The van der Waals surface area contributed by atoms with E-state index in [-0.39, 0.29) is 11.6 Å². The molecule has 3 rings (SSSR count). The van der Waals surface area contributed by atoms with Gasteiger partial charge in [0.15, 0.2) is 0 Å². The third-order valence-electron chi connectivity index (χ3n) is 4.93. The number of benzene rings is 2. The summed E-state index contributed by atoms with van der Waals surface area (Å²) in [7, 11) is 0. The zero-order chi connectivity index (χ0) is 22.5. The van der Waals surface area contributed by atoms with E-state index < -0.39 is 47.9 Å². The van der Waals surface area contributed by atoms with Crippen LogP contribution in [-0.2, 0) is 20.8 Å². The minimum absolute atomic E-state index is 0.0464. The van der Waals surface area contributed by atoms with Crippen LogP contribution in [0.3, 0.4) is 0 Å². The second-order valence-electron chi connectivity index (χ2n) is 7.43. The average molecular weight is 427 g/mol. The molecule has 8 heteroatoms. The van der Waals surface area contributed by atoms with E-state index in [2.05, 4.69) is 5.32 Å². The number of rotatable bonds is 5. The Bertz CT molecular complexity index is 988. The van der Waals surface area contributed by atoms with Crippen molar-refractivity contribution in [2.75, 3.05) is 0 Å². The van der Waals surface area contributed by atoms with Crippen LogP contribution in [0.25, 0.3) is 0 Å². The van der Waals surface area contributed by atoms with Gasteiger partial charge >= 0.3 is 0 Å². The van der Waals surface area contributed by atoms with Crippen molar-refractivity contribution in [2.24, 2.45) is 5.73 Å². The summed E-state index contributed by atoms with van der Waals surface area (Å²) in [6, 6.07) is 9.38. The van der Waals surface area contributed by atoms with Crippen LogP contribution in [0.15, 0.2) is 60.7 Å². The molecule has 0 bridgehead atoms. The zero-order valence-corrected chi connectivity index (χ0v) is 16.9. The highest BCUT2D eigenvalue weighted by Gasteiger charge is 2.36. The Labute approximate surface area is 178 Å². The molecule has 6 nitrogen and oxygen atoms in total. The fraction of sp³-hybridized carbons (Fsp3) is 0.261. The van der Waals surface area contributed by atoms with E-state index in [1.165, 1.54) is 13.0 Å². The number of carbonyl (C=O) groups excluding carboxylic acids is 3. The third-order valence-corrected chi connectivity index (χ3v) is 4.93. The van der Waals surface area contributed by atoms with Crippen molar-refractivity contribution < 1.29 is 23.2 Å². The van der Waals surface area contributed by atoms with Crippen LogP contribution in [0.5, 0.6) is 0 Å². The maximum absolute atomic E-state index is 13.5. The van der Waals surface area contributed by atoms with Crippen molar-refractivity contribution in [1.29, 1.82) is 0 Å². The first-order chi connectivity index (χ1) is 14.8. The minimum atomic E-state index is -1.22. The summed E-state index contributed by atoms with van der Waals surface area (Å²) in [6.07, 6.45) is 3.20. The molecule has 0 radical (unpaired) electrons. The van der Waals surface area contributed by atoms with Crippen LogP contribution < -0.4 is 11.1 Å². The van der Waals surface area contributed by atoms with Crippen molar-refractivity contribution in [3.8, 4) is 0 Å². The average Bonchev–Trinajstić information content (AvgIpc) is 2.90. The van der Waals surface area contributed by atoms with Crippen LogP contribution in [0.2, 0.25) is 0 Å². The zero-order valence-electron chi connectivity index (χ0n) is 16.9. The lowest BCUT2D eigenvalue weighted by molar-refractivity contribution is -0.150. The van der Waals surface area contributed by atoms with Crippen molar-refractivity contribution in [3.05, 3.63) is 83.4 Å². The molecule has 162 valence electrons. The van der Waals surface area contributed by atoms with Gasteiger partial charge in [0.1, 0.15) is 17.7 Å². The molecule has 2 aromatic rings. The Morgan fingerprint density at radius 2 is 1.81 bits per heavy atom. The fourth-order valence-corrected chi connectivity index (χ4v) is 3.46. The number of nitrogens with zero attached hydrogens (tertiary/aromatic N) is 1. The predicted octanol–water partition coefficient (Wildman–Crippen LogP) is 2.40. The molecule has 3 N–H and O–H groups in total. The van der Waals surface area contributed by atoms with Crippen molar-refractivity contribution >= 4 is 17.7 Å². The van der Waals surface area contributed by atoms with Crippen molar-refractivity contribution in [1.82, 2.24) is 10.2 Å². The van der Waals surface area contributed by atoms with E-state index in [9.17, 15) is 23.2 Å². The summed E-state index contributed by atoms with van der Waals surface area (Å²) in [4.78, 5) is 39.4. The summed E-state index contributed by atoms with van der Waals surface area (Å²) >= 11 is 0. The van der Waals surface area contributed by atoms with E-state index in [0.717, 1.165) is 22.6 Å². The number of amides is 3. The Balaban J connectivity index is 1.87. The molecule has 3 amide bonds. The number of imide groups is 1. The van der Waals surface area contributed by atoms with Crippen LogP contribution in [-0.4, -0.2) is 34.7 Å². The first-order valence-corrected chi connectivity index (χ1v) is 9.84. The highest BCUT2D eigenvalue weighted by Crippen LogP contribution is 2.22. The summed E-state index contributed by atoms with van der Waals surface area (Å²) in [6.45, 7) is 1.40. The van der Waals surface area contributed by atoms with Crippen LogP contribution in [0.4, 0.5) is 8.78 Å². The molecule has 0 spiro atoms. The number of nitrogens with two attached hydrogens (primary N) is 1. The van der Waals surface area contributed by atoms with Gasteiger partial charge < -0.3 is 11.1 Å². The smallest absolute Gasteiger partial charge is 0.247 e. The van der Waals surface area contributed by atoms with Gasteiger partial charge in [-0.15, -0.1) is 0 Å². The Morgan fingerprint density at radius 1 is 1.16 bits per heavy atom. The molecule has 0 aliphatic carbocycles. The topological polar surface area (TPSA) is 92.5 Å². The second-order valence-corrected chi connectivity index (χ2v) is 7.43.